The lowest BCUT2D eigenvalue weighted by Gasteiger charge is -2.16. The summed E-state index contributed by atoms with van der Waals surface area (Å²) >= 11 is 1.66. The fourth-order valence-electron chi connectivity index (χ4n) is 2.94. The van der Waals surface area contributed by atoms with Crippen molar-refractivity contribution in [1.29, 1.82) is 0 Å². The Morgan fingerprint density at radius 2 is 2.03 bits per heavy atom. The molecule has 182 valence electrons. The van der Waals surface area contributed by atoms with Gasteiger partial charge in [-0.3, -0.25) is 9.98 Å². The molecule has 0 amide bonds. The molecule has 1 aromatic heterocycles. The van der Waals surface area contributed by atoms with E-state index in [1.165, 1.54) is 0 Å². The second-order valence-corrected chi connectivity index (χ2v) is 8.98. The van der Waals surface area contributed by atoms with E-state index in [-0.39, 0.29) is 0 Å². The van der Waals surface area contributed by atoms with E-state index in [0.717, 1.165) is 55.9 Å². The fraction of sp³-hybridized carbons (Fsp3) is 0.370. The Labute approximate surface area is 207 Å². The first kappa shape index (κ1) is 27.2. The number of ether oxygens (including phenoxy) is 2. The first-order valence-corrected chi connectivity index (χ1v) is 12.2. The Bertz CT molecular complexity index is 1080. The Kier molecular flexibility index (Phi) is 11.4. The van der Waals surface area contributed by atoms with Crippen LogP contribution in [0.25, 0.3) is 10.6 Å². The van der Waals surface area contributed by atoms with Gasteiger partial charge in [0.2, 0.25) is 0 Å². The van der Waals surface area contributed by atoms with E-state index in [9.17, 15) is 0 Å². The zero-order valence-electron chi connectivity index (χ0n) is 21.1. The fourth-order valence-corrected chi connectivity index (χ4v) is 3.69. The highest BCUT2D eigenvalue weighted by molar-refractivity contribution is 7.14. The lowest BCUT2D eigenvalue weighted by Crippen LogP contribution is -2.21. The van der Waals surface area contributed by atoms with Crippen molar-refractivity contribution in [3.05, 3.63) is 70.9 Å². The molecule has 6 nitrogen and oxygen atoms in total. The minimum atomic E-state index is 0.454. The Hall–Kier alpha value is -3.03. The number of methoxy groups -OCH3 is 1. The summed E-state index contributed by atoms with van der Waals surface area (Å²) < 4.78 is 11.2. The smallest absolute Gasteiger partial charge is 0.133 e. The van der Waals surface area contributed by atoms with Crippen molar-refractivity contribution < 1.29 is 9.47 Å². The maximum Gasteiger partial charge on any atom is 0.133 e. The summed E-state index contributed by atoms with van der Waals surface area (Å²) in [6.45, 7) is 13.7. The number of aryl methyl sites for hydroxylation is 1. The molecule has 1 N–H and O–H groups in total. The van der Waals surface area contributed by atoms with Gasteiger partial charge in [-0.1, -0.05) is 25.7 Å². The molecule has 0 fully saturated rings. The molecule has 0 atom stereocenters. The van der Waals surface area contributed by atoms with Crippen molar-refractivity contribution >= 4 is 22.9 Å². The molecule has 0 radical (unpaired) electrons. The first-order valence-electron chi connectivity index (χ1n) is 11.3. The van der Waals surface area contributed by atoms with Gasteiger partial charge in [-0.15, -0.1) is 11.3 Å². The summed E-state index contributed by atoms with van der Waals surface area (Å²) in [5.74, 6) is 1.55. The van der Waals surface area contributed by atoms with Gasteiger partial charge in [0.15, 0.2) is 0 Å². The van der Waals surface area contributed by atoms with Gasteiger partial charge in [-0.25, -0.2) is 4.98 Å². The summed E-state index contributed by atoms with van der Waals surface area (Å²) in [6.07, 6.45) is 10.7. The van der Waals surface area contributed by atoms with Gasteiger partial charge < -0.3 is 14.8 Å². The third-order valence-electron chi connectivity index (χ3n) is 4.96. The van der Waals surface area contributed by atoms with Gasteiger partial charge in [0.25, 0.3) is 0 Å². The zero-order valence-corrected chi connectivity index (χ0v) is 22.0. The molecule has 0 saturated heterocycles. The van der Waals surface area contributed by atoms with Gasteiger partial charge in [0.05, 0.1) is 13.2 Å². The number of aromatic nitrogens is 1. The number of aliphatic imine (C=N–C) groups is 2. The molecular formula is C27H36N4O2S. The molecule has 0 aliphatic heterocycles. The predicted octanol–water partition coefficient (Wildman–Crippen LogP) is 5.92. The minimum Gasteiger partial charge on any atom is -0.491 e. The van der Waals surface area contributed by atoms with Crippen molar-refractivity contribution in [2.45, 2.75) is 34.1 Å². The van der Waals surface area contributed by atoms with E-state index in [0.29, 0.717) is 19.8 Å². The third kappa shape index (κ3) is 8.39. The number of nitrogens with one attached hydrogen (secondary N) is 1. The number of amidine groups is 1. The molecular weight excluding hydrogens is 444 g/mol. The highest BCUT2D eigenvalue weighted by atomic mass is 32.1. The second kappa shape index (κ2) is 14.3. The van der Waals surface area contributed by atoms with Crippen molar-refractivity contribution in [1.82, 2.24) is 10.3 Å². The van der Waals surface area contributed by atoms with Crippen LogP contribution in [0.5, 0.6) is 5.75 Å². The molecule has 1 heterocycles. The molecule has 2 aromatic rings. The SMILES string of the molecule is C=C(/C=C\C(C)=NC)CN=C(N/C=C/CC)c1cc(-c2ncc(C)s2)cc(OCCOC)c1C. The van der Waals surface area contributed by atoms with E-state index in [4.69, 9.17) is 14.5 Å². The Morgan fingerprint density at radius 3 is 2.68 bits per heavy atom. The number of hydrogen-bond donors (Lipinski definition) is 1. The maximum absolute atomic E-state index is 6.07. The van der Waals surface area contributed by atoms with Crippen molar-refractivity contribution in [2.75, 3.05) is 33.9 Å². The largest absolute Gasteiger partial charge is 0.491 e. The molecule has 2 rings (SSSR count). The average molecular weight is 481 g/mol. The predicted molar refractivity (Wildman–Crippen MR) is 146 cm³/mol. The molecule has 0 unspecified atom stereocenters. The molecule has 34 heavy (non-hydrogen) atoms. The first-order chi connectivity index (χ1) is 16.4. The van der Waals surface area contributed by atoms with E-state index >= 15 is 0 Å². The Morgan fingerprint density at radius 1 is 1.24 bits per heavy atom. The molecule has 0 saturated carbocycles. The van der Waals surface area contributed by atoms with Gasteiger partial charge >= 0.3 is 0 Å². The number of rotatable bonds is 12. The Balaban J connectivity index is 2.51. The minimum absolute atomic E-state index is 0.454. The van der Waals surface area contributed by atoms with Gasteiger partial charge in [0.1, 0.15) is 23.2 Å². The number of nitrogens with zero attached hydrogens (tertiary/aromatic N) is 3. The van der Waals surface area contributed by atoms with E-state index in [2.05, 4.69) is 47.9 Å². The molecule has 0 aliphatic rings. The van der Waals surface area contributed by atoms with Crippen LogP contribution < -0.4 is 10.1 Å². The van der Waals surface area contributed by atoms with Crippen LogP contribution in [0.1, 0.15) is 36.3 Å². The lowest BCUT2D eigenvalue weighted by molar-refractivity contribution is 0.146. The van der Waals surface area contributed by atoms with E-state index in [1.807, 2.05) is 44.5 Å². The van der Waals surface area contributed by atoms with Crippen LogP contribution in [0.3, 0.4) is 0 Å². The number of hydrogen-bond acceptors (Lipinski definition) is 6. The molecule has 0 bridgehead atoms. The van der Waals surface area contributed by atoms with E-state index in [1.54, 1.807) is 25.5 Å². The van der Waals surface area contributed by atoms with Crippen molar-refractivity contribution in [3.8, 4) is 16.3 Å². The van der Waals surface area contributed by atoms with Crippen LogP contribution in [-0.2, 0) is 4.74 Å². The third-order valence-corrected chi connectivity index (χ3v) is 5.92. The molecule has 0 spiro atoms. The monoisotopic (exact) mass is 480 g/mol. The zero-order chi connectivity index (χ0) is 24.9. The standard InChI is InChI=1S/C27H36N4O2S/c1-8-9-12-29-26(30-17-19(2)10-11-20(3)28-6)24-15-23(27-31-18-21(4)34-27)16-25(22(24)5)33-14-13-32-7/h9-12,15-16,18H,2,8,13-14,17H2,1,3-7H3,(H,29,30)/b11-10-,12-9+,28-20?. The topological polar surface area (TPSA) is 68.1 Å². The van der Waals surface area contributed by atoms with Crippen LogP contribution >= 0.6 is 11.3 Å². The lowest BCUT2D eigenvalue weighted by atomic mass is 10.0. The van der Waals surface area contributed by atoms with Crippen LogP contribution in [0.15, 0.2) is 64.9 Å². The average Bonchev–Trinajstić information content (AvgIpc) is 3.27. The summed E-state index contributed by atoms with van der Waals surface area (Å²) in [5, 5.41) is 4.32. The van der Waals surface area contributed by atoms with Crippen molar-refractivity contribution in [3.63, 3.8) is 0 Å². The normalized spacial score (nSPS) is 12.6. The maximum atomic E-state index is 6.07. The molecule has 0 aliphatic carbocycles. The van der Waals surface area contributed by atoms with Crippen LogP contribution in [0.4, 0.5) is 0 Å². The van der Waals surface area contributed by atoms with E-state index < -0.39 is 0 Å². The summed E-state index contributed by atoms with van der Waals surface area (Å²) in [6, 6.07) is 4.16. The number of benzene rings is 1. The van der Waals surface area contributed by atoms with Crippen LogP contribution in [0.2, 0.25) is 0 Å². The van der Waals surface area contributed by atoms with Gasteiger partial charge in [-0.05, 0) is 57.2 Å². The highest BCUT2D eigenvalue weighted by Gasteiger charge is 2.16. The number of thiazole rings is 1. The van der Waals surface area contributed by atoms with Crippen molar-refractivity contribution in [2.24, 2.45) is 9.98 Å². The van der Waals surface area contributed by atoms with Gasteiger partial charge in [0, 0.05) is 47.6 Å². The quantitative estimate of drug-likeness (QED) is 0.177. The highest BCUT2D eigenvalue weighted by Crippen LogP contribution is 2.32. The van der Waals surface area contributed by atoms with Gasteiger partial charge in [-0.2, -0.15) is 0 Å². The van der Waals surface area contributed by atoms with Crippen LogP contribution in [-0.4, -0.2) is 50.4 Å². The summed E-state index contributed by atoms with van der Waals surface area (Å²) in [7, 11) is 3.44. The summed E-state index contributed by atoms with van der Waals surface area (Å²) in [4.78, 5) is 14.8. The molecule has 7 heteroatoms. The van der Waals surface area contributed by atoms with Crippen LogP contribution in [0, 0.1) is 13.8 Å². The number of allylic oxidation sites excluding steroid dienone is 2. The molecule has 1 aromatic carbocycles. The summed E-state index contributed by atoms with van der Waals surface area (Å²) in [5.41, 5.74) is 4.78. The second-order valence-electron chi connectivity index (χ2n) is 7.74.